The number of carbonyl (C=O) groups excluding carboxylic acids is 1. The van der Waals surface area contributed by atoms with Gasteiger partial charge < -0.3 is 9.90 Å². The molecule has 2 nitrogen and oxygen atoms in total. The van der Waals surface area contributed by atoms with Gasteiger partial charge in [0.05, 0.1) is 5.60 Å². The van der Waals surface area contributed by atoms with Crippen LogP contribution < -0.4 is 0 Å². The average Bonchev–Trinajstić information content (AvgIpc) is 2.92. The molecule has 0 aromatic carbocycles. The highest BCUT2D eigenvalue weighted by molar-refractivity contribution is 5.53. The molecule has 2 heteroatoms. The van der Waals surface area contributed by atoms with Gasteiger partial charge in [-0.1, -0.05) is 20.8 Å². The highest BCUT2D eigenvalue weighted by atomic mass is 16.3. The molecule has 1 N–H and O–H groups in total. The summed E-state index contributed by atoms with van der Waals surface area (Å²) in [6.45, 7) is 9.29. The van der Waals surface area contributed by atoms with Gasteiger partial charge in [-0.25, -0.2) is 0 Å². The molecule has 0 aromatic rings. The molecule has 4 fully saturated rings. The van der Waals surface area contributed by atoms with Crippen LogP contribution in [-0.2, 0) is 4.79 Å². The molecule has 4 aliphatic rings. The molecule has 4 saturated carbocycles. The smallest absolute Gasteiger partial charge is 0.123 e. The fraction of sp³-hybridized carbons (Fsp3) is 0.957. The standard InChI is InChI=1S/C23H38O2/c1-15(14-24)18-7-8-19-17-6-5-16-13-21(2,25)11-12-22(16,3)20(17)9-10-23(18,19)4/h14-20,25H,5-13H2,1-4H3/t15?,16-,17-,18+,19-,20-,21+,22-,23+/m0/s1. The van der Waals surface area contributed by atoms with Crippen LogP contribution >= 0.6 is 0 Å². The molecule has 4 aliphatic carbocycles. The first-order valence-corrected chi connectivity index (χ1v) is 10.9. The Morgan fingerprint density at radius 2 is 1.64 bits per heavy atom. The topological polar surface area (TPSA) is 37.3 Å². The maximum atomic E-state index is 11.5. The zero-order valence-electron chi connectivity index (χ0n) is 16.8. The summed E-state index contributed by atoms with van der Waals surface area (Å²) < 4.78 is 0. The van der Waals surface area contributed by atoms with Gasteiger partial charge in [-0.15, -0.1) is 0 Å². The summed E-state index contributed by atoms with van der Waals surface area (Å²) in [5.41, 5.74) is 0.406. The molecule has 0 spiro atoms. The van der Waals surface area contributed by atoms with E-state index in [2.05, 4.69) is 27.7 Å². The summed E-state index contributed by atoms with van der Waals surface area (Å²) in [5.74, 6) is 4.10. The lowest BCUT2D eigenvalue weighted by atomic mass is 9.43. The maximum absolute atomic E-state index is 11.5. The number of hydrogen-bond donors (Lipinski definition) is 1. The Morgan fingerprint density at radius 3 is 2.36 bits per heavy atom. The maximum Gasteiger partial charge on any atom is 0.123 e. The summed E-state index contributed by atoms with van der Waals surface area (Å²) in [7, 11) is 0. The van der Waals surface area contributed by atoms with E-state index in [9.17, 15) is 9.90 Å². The predicted molar refractivity (Wildman–Crippen MR) is 101 cm³/mol. The summed E-state index contributed by atoms with van der Waals surface area (Å²) in [6, 6.07) is 0. The SMILES string of the molecule is CC(C=O)[C@H]1CC[C@H]2[C@@H]3CC[C@H]4C[C@](C)(O)CC[C@]4(C)[C@H]3CC[C@]12C. The Hall–Kier alpha value is -0.370. The molecule has 0 aromatic heterocycles. The molecular weight excluding hydrogens is 308 g/mol. The van der Waals surface area contributed by atoms with Crippen LogP contribution in [0.15, 0.2) is 0 Å². The van der Waals surface area contributed by atoms with Gasteiger partial charge in [0.2, 0.25) is 0 Å². The fourth-order valence-corrected chi connectivity index (χ4v) is 8.43. The van der Waals surface area contributed by atoms with E-state index in [-0.39, 0.29) is 5.92 Å². The van der Waals surface area contributed by atoms with Crippen LogP contribution in [0.5, 0.6) is 0 Å². The van der Waals surface area contributed by atoms with Gasteiger partial charge in [-0.05, 0) is 105 Å². The minimum atomic E-state index is -0.432. The molecule has 9 atom stereocenters. The second kappa shape index (κ2) is 5.81. The van der Waals surface area contributed by atoms with Crippen molar-refractivity contribution in [3.8, 4) is 0 Å². The molecule has 25 heavy (non-hydrogen) atoms. The molecule has 0 amide bonds. The molecule has 0 saturated heterocycles. The molecular formula is C23H38O2. The second-order valence-corrected chi connectivity index (χ2v) is 11.1. The van der Waals surface area contributed by atoms with Gasteiger partial charge >= 0.3 is 0 Å². The zero-order valence-corrected chi connectivity index (χ0v) is 16.8. The van der Waals surface area contributed by atoms with Crippen LogP contribution in [0.1, 0.15) is 85.5 Å². The average molecular weight is 347 g/mol. The summed E-state index contributed by atoms with van der Waals surface area (Å²) in [6.07, 6.45) is 12.4. The minimum absolute atomic E-state index is 0.225. The summed E-state index contributed by atoms with van der Waals surface area (Å²) in [4.78, 5) is 11.5. The summed E-state index contributed by atoms with van der Waals surface area (Å²) in [5, 5.41) is 10.6. The van der Waals surface area contributed by atoms with E-state index in [4.69, 9.17) is 0 Å². The highest BCUT2D eigenvalue weighted by Crippen LogP contribution is 2.68. The zero-order chi connectivity index (χ0) is 18.0. The Kier molecular flexibility index (Phi) is 4.19. The number of fused-ring (bicyclic) bond motifs is 5. The Balaban J connectivity index is 1.59. The minimum Gasteiger partial charge on any atom is -0.390 e. The van der Waals surface area contributed by atoms with E-state index in [0.29, 0.717) is 22.7 Å². The molecule has 142 valence electrons. The molecule has 0 aliphatic heterocycles. The van der Waals surface area contributed by atoms with Crippen molar-refractivity contribution in [2.24, 2.45) is 46.3 Å². The quantitative estimate of drug-likeness (QED) is 0.695. The van der Waals surface area contributed by atoms with Crippen LogP contribution in [0.25, 0.3) is 0 Å². The van der Waals surface area contributed by atoms with E-state index in [0.717, 1.165) is 30.6 Å². The van der Waals surface area contributed by atoms with Gasteiger partial charge in [0.15, 0.2) is 0 Å². The van der Waals surface area contributed by atoms with E-state index < -0.39 is 5.60 Å². The van der Waals surface area contributed by atoms with Crippen LogP contribution in [0.4, 0.5) is 0 Å². The van der Waals surface area contributed by atoms with Crippen molar-refractivity contribution in [2.45, 2.75) is 91.1 Å². The third kappa shape index (κ3) is 2.57. The molecule has 4 rings (SSSR count). The number of carbonyl (C=O) groups is 1. The van der Waals surface area contributed by atoms with E-state index in [1.165, 1.54) is 51.2 Å². The largest absolute Gasteiger partial charge is 0.390 e. The van der Waals surface area contributed by atoms with Crippen molar-refractivity contribution >= 4 is 6.29 Å². The normalized spacial score (nSPS) is 56.4. The molecule has 0 bridgehead atoms. The Labute approximate surface area is 154 Å². The predicted octanol–water partition coefficient (Wildman–Crippen LogP) is 5.23. The van der Waals surface area contributed by atoms with E-state index >= 15 is 0 Å². The van der Waals surface area contributed by atoms with Gasteiger partial charge in [0, 0.05) is 5.92 Å². The highest BCUT2D eigenvalue weighted by Gasteiger charge is 2.61. The van der Waals surface area contributed by atoms with Gasteiger partial charge in [0.1, 0.15) is 6.29 Å². The van der Waals surface area contributed by atoms with E-state index in [1.54, 1.807) is 0 Å². The fourth-order valence-electron chi connectivity index (χ4n) is 8.43. The van der Waals surface area contributed by atoms with Crippen molar-refractivity contribution < 1.29 is 9.90 Å². The molecule has 0 heterocycles. The lowest BCUT2D eigenvalue weighted by Gasteiger charge is -2.62. The lowest BCUT2D eigenvalue weighted by Crippen LogP contribution is -2.55. The van der Waals surface area contributed by atoms with Gasteiger partial charge in [-0.3, -0.25) is 0 Å². The van der Waals surface area contributed by atoms with Gasteiger partial charge in [0.25, 0.3) is 0 Å². The van der Waals surface area contributed by atoms with Crippen LogP contribution in [0.3, 0.4) is 0 Å². The van der Waals surface area contributed by atoms with Crippen molar-refractivity contribution in [3.05, 3.63) is 0 Å². The first-order chi connectivity index (χ1) is 11.7. The Bertz CT molecular complexity index is 540. The number of hydrogen-bond acceptors (Lipinski definition) is 2. The van der Waals surface area contributed by atoms with E-state index in [1.807, 2.05) is 0 Å². The van der Waals surface area contributed by atoms with Gasteiger partial charge in [-0.2, -0.15) is 0 Å². The van der Waals surface area contributed by atoms with Crippen LogP contribution in [-0.4, -0.2) is 17.0 Å². The summed E-state index contributed by atoms with van der Waals surface area (Å²) >= 11 is 0. The number of aliphatic hydroxyl groups is 1. The van der Waals surface area contributed by atoms with Crippen LogP contribution in [0, 0.1) is 46.3 Å². The number of aldehydes is 1. The lowest BCUT2D eigenvalue weighted by molar-refractivity contribution is -0.148. The van der Waals surface area contributed by atoms with Crippen LogP contribution in [0.2, 0.25) is 0 Å². The first-order valence-electron chi connectivity index (χ1n) is 10.9. The monoisotopic (exact) mass is 346 g/mol. The number of rotatable bonds is 2. The third-order valence-corrected chi connectivity index (χ3v) is 9.88. The van der Waals surface area contributed by atoms with Crippen molar-refractivity contribution in [1.82, 2.24) is 0 Å². The Morgan fingerprint density at radius 1 is 0.920 bits per heavy atom. The second-order valence-electron chi connectivity index (χ2n) is 11.1. The molecule has 1 unspecified atom stereocenters. The first kappa shape index (κ1) is 18.0. The van der Waals surface area contributed by atoms with Crippen molar-refractivity contribution in [1.29, 1.82) is 0 Å². The molecule has 0 radical (unpaired) electrons. The third-order valence-electron chi connectivity index (χ3n) is 9.88. The van der Waals surface area contributed by atoms with Crippen molar-refractivity contribution in [2.75, 3.05) is 0 Å². The van der Waals surface area contributed by atoms with Crippen molar-refractivity contribution in [3.63, 3.8) is 0 Å².